The van der Waals surface area contributed by atoms with Crippen LogP contribution in [0.15, 0.2) is 30.6 Å². The second kappa shape index (κ2) is 3.19. The molecule has 0 saturated heterocycles. The minimum Gasteiger partial charge on any atom is -0.395 e. The van der Waals surface area contributed by atoms with E-state index in [1.165, 1.54) is 12.1 Å². The summed E-state index contributed by atoms with van der Waals surface area (Å²) in [6, 6.07) is 4.65. The number of alkyl halides is 2. The van der Waals surface area contributed by atoms with Crippen molar-refractivity contribution in [3.8, 4) is 22.6 Å². The first kappa shape index (κ1) is 10.1. The third kappa shape index (κ3) is 1.71. The summed E-state index contributed by atoms with van der Waals surface area (Å²) in [4.78, 5) is 0. The average Bonchev–Trinajstić information content (AvgIpc) is 2.78. The van der Waals surface area contributed by atoms with Crippen molar-refractivity contribution in [2.24, 2.45) is 7.05 Å². The number of benzene rings is 1. The van der Waals surface area contributed by atoms with Crippen LogP contribution in [0, 0.1) is 0 Å². The van der Waals surface area contributed by atoms with Gasteiger partial charge < -0.3 is 9.47 Å². The molecule has 0 spiro atoms. The van der Waals surface area contributed by atoms with Crippen LogP contribution in [0.25, 0.3) is 11.1 Å². The highest BCUT2D eigenvalue weighted by Crippen LogP contribution is 2.42. The Bertz CT molecular complexity index is 581. The number of hydrogen-bond donors (Lipinski definition) is 0. The van der Waals surface area contributed by atoms with Gasteiger partial charge in [-0.2, -0.15) is 5.10 Å². The van der Waals surface area contributed by atoms with Gasteiger partial charge >= 0.3 is 6.29 Å². The molecule has 0 fully saturated rings. The Balaban J connectivity index is 2.01. The number of ether oxygens (including phenoxy) is 2. The van der Waals surface area contributed by atoms with Gasteiger partial charge in [-0.05, 0) is 17.7 Å². The first-order valence-corrected chi connectivity index (χ1v) is 4.92. The number of rotatable bonds is 1. The summed E-state index contributed by atoms with van der Waals surface area (Å²) in [5.74, 6) is 0.0824. The molecular formula is C11H8F2N2O2. The lowest BCUT2D eigenvalue weighted by molar-refractivity contribution is -0.286. The summed E-state index contributed by atoms with van der Waals surface area (Å²) in [5, 5.41) is 4.01. The zero-order valence-electron chi connectivity index (χ0n) is 8.85. The summed E-state index contributed by atoms with van der Waals surface area (Å²) < 4.78 is 36.0. The molecule has 88 valence electrons. The lowest BCUT2D eigenvalue weighted by atomic mass is 10.1. The van der Waals surface area contributed by atoms with Crippen LogP contribution in [-0.2, 0) is 7.05 Å². The Labute approximate surface area is 95.4 Å². The SMILES string of the molecule is Cn1cc(-c2ccc3c(c2)OC(F)(F)O3)cn1. The Hall–Kier alpha value is -2.11. The summed E-state index contributed by atoms with van der Waals surface area (Å²) in [5.41, 5.74) is 1.58. The van der Waals surface area contributed by atoms with Crippen molar-refractivity contribution in [2.45, 2.75) is 6.29 Å². The van der Waals surface area contributed by atoms with Crippen LogP contribution in [0.3, 0.4) is 0 Å². The lowest BCUT2D eigenvalue weighted by Gasteiger charge is -2.04. The molecule has 0 radical (unpaired) electrons. The van der Waals surface area contributed by atoms with Crippen molar-refractivity contribution in [3.05, 3.63) is 30.6 Å². The van der Waals surface area contributed by atoms with Gasteiger partial charge in [0.1, 0.15) is 0 Å². The van der Waals surface area contributed by atoms with E-state index in [4.69, 9.17) is 0 Å². The zero-order valence-corrected chi connectivity index (χ0v) is 8.85. The molecule has 1 aliphatic heterocycles. The molecule has 4 nitrogen and oxygen atoms in total. The van der Waals surface area contributed by atoms with E-state index in [0.717, 1.165) is 11.1 Å². The van der Waals surface area contributed by atoms with Crippen molar-refractivity contribution in [3.63, 3.8) is 0 Å². The van der Waals surface area contributed by atoms with E-state index in [2.05, 4.69) is 14.6 Å². The van der Waals surface area contributed by atoms with Crippen molar-refractivity contribution in [1.29, 1.82) is 0 Å². The highest BCUT2D eigenvalue weighted by atomic mass is 19.3. The molecule has 0 aliphatic carbocycles. The molecule has 17 heavy (non-hydrogen) atoms. The average molecular weight is 238 g/mol. The van der Waals surface area contributed by atoms with E-state index in [-0.39, 0.29) is 11.5 Å². The molecule has 2 aromatic rings. The predicted molar refractivity (Wildman–Crippen MR) is 54.8 cm³/mol. The highest BCUT2D eigenvalue weighted by molar-refractivity contribution is 5.66. The van der Waals surface area contributed by atoms with Crippen LogP contribution < -0.4 is 9.47 Å². The van der Waals surface area contributed by atoms with Gasteiger partial charge in [0, 0.05) is 18.8 Å². The molecule has 2 heterocycles. The van der Waals surface area contributed by atoms with Crippen LogP contribution in [0.2, 0.25) is 0 Å². The van der Waals surface area contributed by atoms with E-state index in [0.29, 0.717) is 0 Å². The van der Waals surface area contributed by atoms with E-state index in [9.17, 15) is 8.78 Å². The van der Waals surface area contributed by atoms with Crippen LogP contribution >= 0.6 is 0 Å². The van der Waals surface area contributed by atoms with Gasteiger partial charge in [-0.1, -0.05) is 6.07 Å². The largest absolute Gasteiger partial charge is 0.586 e. The van der Waals surface area contributed by atoms with Gasteiger partial charge in [-0.25, -0.2) is 0 Å². The summed E-state index contributed by atoms with van der Waals surface area (Å²) in [7, 11) is 1.78. The summed E-state index contributed by atoms with van der Waals surface area (Å²) >= 11 is 0. The van der Waals surface area contributed by atoms with E-state index in [1.807, 2.05) is 0 Å². The molecule has 3 rings (SSSR count). The monoisotopic (exact) mass is 238 g/mol. The van der Waals surface area contributed by atoms with Gasteiger partial charge in [-0.15, -0.1) is 8.78 Å². The Morgan fingerprint density at radius 2 is 1.94 bits per heavy atom. The van der Waals surface area contributed by atoms with Crippen LogP contribution in [0.5, 0.6) is 11.5 Å². The van der Waals surface area contributed by atoms with E-state index < -0.39 is 6.29 Å². The molecule has 0 unspecified atom stereocenters. The fraction of sp³-hybridized carbons (Fsp3) is 0.182. The standard InChI is InChI=1S/C11H8F2N2O2/c1-15-6-8(5-14-15)7-2-3-9-10(4-7)17-11(12,13)16-9/h2-6H,1H3. The second-order valence-electron chi connectivity index (χ2n) is 3.73. The number of fused-ring (bicyclic) bond motifs is 1. The maximum absolute atomic E-state index is 12.8. The van der Waals surface area contributed by atoms with Gasteiger partial charge in [0.25, 0.3) is 0 Å². The van der Waals surface area contributed by atoms with Crippen molar-refractivity contribution >= 4 is 0 Å². The van der Waals surface area contributed by atoms with Gasteiger partial charge in [0.15, 0.2) is 11.5 Å². The van der Waals surface area contributed by atoms with Crippen molar-refractivity contribution < 1.29 is 18.3 Å². The Kier molecular flexibility index (Phi) is 1.89. The third-order valence-corrected chi connectivity index (χ3v) is 2.44. The number of aromatic nitrogens is 2. The number of nitrogens with zero attached hydrogens (tertiary/aromatic N) is 2. The molecule has 0 amide bonds. The maximum Gasteiger partial charge on any atom is 0.586 e. The lowest BCUT2D eigenvalue weighted by Crippen LogP contribution is -2.25. The van der Waals surface area contributed by atoms with E-state index >= 15 is 0 Å². The Morgan fingerprint density at radius 3 is 2.65 bits per heavy atom. The number of halogens is 2. The molecule has 6 heteroatoms. The first-order valence-electron chi connectivity index (χ1n) is 4.92. The number of aryl methyl sites for hydroxylation is 1. The topological polar surface area (TPSA) is 36.3 Å². The van der Waals surface area contributed by atoms with Crippen molar-refractivity contribution in [2.75, 3.05) is 0 Å². The molecule has 0 bridgehead atoms. The molecule has 0 saturated carbocycles. The second-order valence-corrected chi connectivity index (χ2v) is 3.73. The van der Waals surface area contributed by atoms with Crippen LogP contribution in [0.4, 0.5) is 8.78 Å². The van der Waals surface area contributed by atoms with Crippen LogP contribution in [0.1, 0.15) is 0 Å². The molecule has 1 aliphatic rings. The minimum absolute atomic E-state index is 0.0383. The fourth-order valence-corrected chi connectivity index (χ4v) is 1.70. The normalized spacial score (nSPS) is 16.2. The highest BCUT2D eigenvalue weighted by Gasteiger charge is 2.43. The molecule has 0 N–H and O–H groups in total. The fourth-order valence-electron chi connectivity index (χ4n) is 1.70. The van der Waals surface area contributed by atoms with Crippen molar-refractivity contribution in [1.82, 2.24) is 9.78 Å². The van der Waals surface area contributed by atoms with Gasteiger partial charge in [0.05, 0.1) is 6.20 Å². The molecular weight excluding hydrogens is 230 g/mol. The first-order chi connectivity index (χ1) is 8.03. The van der Waals surface area contributed by atoms with Crippen LogP contribution in [-0.4, -0.2) is 16.1 Å². The third-order valence-electron chi connectivity index (χ3n) is 2.44. The summed E-state index contributed by atoms with van der Waals surface area (Å²) in [6.45, 7) is 0. The minimum atomic E-state index is -3.57. The van der Waals surface area contributed by atoms with Gasteiger partial charge in [-0.3, -0.25) is 4.68 Å². The predicted octanol–water partition coefficient (Wildman–Crippen LogP) is 2.41. The maximum atomic E-state index is 12.8. The smallest absolute Gasteiger partial charge is 0.395 e. The zero-order chi connectivity index (χ0) is 12.0. The quantitative estimate of drug-likeness (QED) is 0.765. The van der Waals surface area contributed by atoms with E-state index in [1.54, 1.807) is 30.2 Å². The van der Waals surface area contributed by atoms with Gasteiger partial charge in [0.2, 0.25) is 0 Å². The molecule has 1 aromatic carbocycles. The summed E-state index contributed by atoms with van der Waals surface area (Å²) in [6.07, 6.45) is -0.138. The Morgan fingerprint density at radius 1 is 1.18 bits per heavy atom. The molecule has 0 atom stereocenters. The molecule has 1 aromatic heterocycles. The number of hydrogen-bond acceptors (Lipinski definition) is 3.